The van der Waals surface area contributed by atoms with E-state index in [0.717, 1.165) is 12.8 Å². The summed E-state index contributed by atoms with van der Waals surface area (Å²) in [6.45, 7) is 1.27. The lowest BCUT2D eigenvalue weighted by Crippen LogP contribution is -2.25. The summed E-state index contributed by atoms with van der Waals surface area (Å²) in [5, 5.41) is 8.96. The van der Waals surface area contributed by atoms with Crippen molar-refractivity contribution in [3.63, 3.8) is 0 Å². The van der Waals surface area contributed by atoms with Gasteiger partial charge in [0.05, 0.1) is 12.0 Å². The van der Waals surface area contributed by atoms with Crippen molar-refractivity contribution in [3.8, 4) is 0 Å². The molecule has 0 aromatic carbocycles. The molecule has 17 heavy (non-hydrogen) atoms. The number of hydrogen-bond donors (Lipinski definition) is 1. The van der Waals surface area contributed by atoms with Crippen molar-refractivity contribution in [1.82, 2.24) is 0 Å². The summed E-state index contributed by atoms with van der Waals surface area (Å²) >= 11 is 0. The highest BCUT2D eigenvalue weighted by Gasteiger charge is 2.23. The molecule has 2 rings (SSSR count). The van der Waals surface area contributed by atoms with E-state index in [1.807, 2.05) is 0 Å². The van der Waals surface area contributed by atoms with Crippen LogP contribution in [0, 0.1) is 0 Å². The second-order valence-electron chi connectivity index (χ2n) is 3.92. The molecule has 1 fully saturated rings. The molecule has 1 unspecified atom stereocenters. The van der Waals surface area contributed by atoms with Gasteiger partial charge >= 0.3 is 5.97 Å². The average Bonchev–Trinajstić information content (AvgIpc) is 2.78. The monoisotopic (exact) mass is 258 g/mol. The van der Waals surface area contributed by atoms with Crippen LogP contribution in [0.1, 0.15) is 29.0 Å². The first-order chi connectivity index (χ1) is 8.18. The Hall–Kier alpha value is -1.14. The van der Waals surface area contributed by atoms with Crippen LogP contribution in [0.3, 0.4) is 0 Å². The number of furan rings is 1. The van der Waals surface area contributed by atoms with Gasteiger partial charge in [0.15, 0.2) is 0 Å². The number of hydrogen-bond acceptors (Lipinski definition) is 4. The largest absolute Gasteiger partial charge is 0.475 e. The normalized spacial score (nSPS) is 19.1. The van der Waals surface area contributed by atoms with Crippen LogP contribution in [0.5, 0.6) is 0 Å². The number of carboxylic acids is 1. The molecule has 0 saturated carbocycles. The van der Waals surface area contributed by atoms with Crippen LogP contribution in [0.2, 0.25) is 0 Å². The molecular weight excluding hydrogens is 244 g/mol. The Balaban J connectivity index is 2.02. The van der Waals surface area contributed by atoms with Crippen molar-refractivity contribution in [3.05, 3.63) is 23.7 Å². The van der Waals surface area contributed by atoms with Gasteiger partial charge in [-0.2, -0.15) is 0 Å². The first-order valence-corrected chi connectivity index (χ1v) is 6.81. The zero-order valence-corrected chi connectivity index (χ0v) is 10.1. The smallest absolute Gasteiger partial charge is 0.372 e. The number of ether oxygens (including phenoxy) is 1. The Morgan fingerprint density at radius 2 is 2.18 bits per heavy atom. The Kier molecular flexibility index (Phi) is 3.96. The van der Waals surface area contributed by atoms with Crippen molar-refractivity contribution in [1.29, 1.82) is 0 Å². The lowest BCUT2D eigenvalue weighted by Gasteiger charge is -2.21. The van der Waals surface area contributed by atoms with E-state index in [1.54, 1.807) is 6.07 Å². The number of carboxylic acid groups (broad SMARTS) is 1. The molecule has 1 saturated heterocycles. The fraction of sp³-hybridized carbons (Fsp3) is 0.545. The van der Waals surface area contributed by atoms with Gasteiger partial charge in [-0.25, -0.2) is 4.79 Å². The summed E-state index contributed by atoms with van der Waals surface area (Å²) in [5.74, 6) is -0.984. The highest BCUT2D eigenvalue weighted by atomic mass is 32.2. The van der Waals surface area contributed by atoms with Crippen LogP contribution >= 0.6 is 0 Å². The summed E-state index contributed by atoms with van der Waals surface area (Å²) in [4.78, 5) is 10.8. The molecule has 1 aromatic heterocycles. The van der Waals surface area contributed by atoms with E-state index in [0.29, 0.717) is 18.8 Å². The molecule has 6 heteroatoms. The van der Waals surface area contributed by atoms with E-state index in [1.165, 1.54) is 6.26 Å². The summed E-state index contributed by atoms with van der Waals surface area (Å²) < 4.78 is 22.1. The third kappa shape index (κ3) is 2.95. The van der Waals surface area contributed by atoms with Crippen molar-refractivity contribution in [2.45, 2.75) is 23.8 Å². The Morgan fingerprint density at radius 3 is 2.82 bits per heavy atom. The molecule has 0 aliphatic carbocycles. The van der Waals surface area contributed by atoms with Gasteiger partial charge in [-0.3, -0.25) is 4.21 Å². The Morgan fingerprint density at radius 1 is 1.47 bits per heavy atom. The van der Waals surface area contributed by atoms with E-state index in [2.05, 4.69) is 0 Å². The van der Waals surface area contributed by atoms with Crippen molar-refractivity contribution in [2.24, 2.45) is 0 Å². The van der Waals surface area contributed by atoms with Gasteiger partial charge in [0.1, 0.15) is 0 Å². The molecule has 1 aliphatic heterocycles. The fourth-order valence-corrected chi connectivity index (χ4v) is 3.33. The molecular formula is C11H14O5S. The third-order valence-electron chi connectivity index (χ3n) is 2.78. The van der Waals surface area contributed by atoms with Crippen LogP contribution in [-0.2, 0) is 21.3 Å². The zero-order chi connectivity index (χ0) is 12.3. The Bertz CT molecular complexity index is 419. The molecule has 0 bridgehead atoms. The van der Waals surface area contributed by atoms with E-state index in [-0.39, 0.29) is 16.8 Å². The molecule has 5 nitrogen and oxygen atoms in total. The average molecular weight is 258 g/mol. The molecule has 1 aromatic rings. The molecule has 94 valence electrons. The van der Waals surface area contributed by atoms with Gasteiger partial charge < -0.3 is 14.3 Å². The first kappa shape index (κ1) is 12.3. The quantitative estimate of drug-likeness (QED) is 0.883. The maximum absolute atomic E-state index is 12.1. The molecule has 1 aliphatic rings. The van der Waals surface area contributed by atoms with Crippen LogP contribution < -0.4 is 0 Å². The second-order valence-corrected chi connectivity index (χ2v) is 5.63. The van der Waals surface area contributed by atoms with Crippen LogP contribution in [0.25, 0.3) is 0 Å². The summed E-state index contributed by atoms with van der Waals surface area (Å²) in [5.41, 5.74) is 0.502. The van der Waals surface area contributed by atoms with E-state index < -0.39 is 16.8 Å². The minimum atomic E-state index is -1.12. The molecule has 1 atom stereocenters. The van der Waals surface area contributed by atoms with Gasteiger partial charge in [-0.05, 0) is 18.9 Å². The number of aromatic carboxylic acids is 1. The van der Waals surface area contributed by atoms with Crippen LogP contribution in [0.15, 0.2) is 16.7 Å². The van der Waals surface area contributed by atoms with Crippen molar-refractivity contribution in [2.75, 3.05) is 13.2 Å². The van der Waals surface area contributed by atoms with E-state index >= 15 is 0 Å². The number of carbonyl (C=O) groups is 1. The molecule has 1 N–H and O–H groups in total. The van der Waals surface area contributed by atoms with Gasteiger partial charge in [-0.15, -0.1) is 0 Å². The minimum absolute atomic E-state index is 0.0975. The van der Waals surface area contributed by atoms with Crippen molar-refractivity contribution < 1.29 is 23.3 Å². The zero-order valence-electron chi connectivity index (χ0n) is 9.26. The summed E-state index contributed by atoms with van der Waals surface area (Å²) in [6, 6.07) is 1.57. The van der Waals surface area contributed by atoms with E-state index in [4.69, 9.17) is 14.3 Å². The summed E-state index contributed by atoms with van der Waals surface area (Å²) in [6.07, 6.45) is 2.86. The molecule has 2 heterocycles. The van der Waals surface area contributed by atoms with Gasteiger partial charge in [0.25, 0.3) is 0 Å². The standard InChI is InChI=1S/C11H14O5S/c12-11(13)10-8(1-6-16-10)7-17(14)9-2-4-15-5-3-9/h1,6,9H,2-5,7H2,(H,12,13). The topological polar surface area (TPSA) is 76.7 Å². The highest BCUT2D eigenvalue weighted by molar-refractivity contribution is 7.84. The lowest BCUT2D eigenvalue weighted by atomic mass is 10.2. The maximum atomic E-state index is 12.1. The maximum Gasteiger partial charge on any atom is 0.372 e. The van der Waals surface area contributed by atoms with E-state index in [9.17, 15) is 9.00 Å². The van der Waals surface area contributed by atoms with Crippen molar-refractivity contribution >= 4 is 16.8 Å². The number of rotatable bonds is 4. The third-order valence-corrected chi connectivity index (χ3v) is 4.59. The molecule has 0 spiro atoms. The van der Waals surface area contributed by atoms with Gasteiger partial charge in [0.2, 0.25) is 5.76 Å². The second kappa shape index (κ2) is 5.46. The highest BCUT2D eigenvalue weighted by Crippen LogP contribution is 2.19. The summed E-state index contributed by atoms with van der Waals surface area (Å²) in [7, 11) is -1.07. The molecule has 0 amide bonds. The SMILES string of the molecule is O=C(O)c1occc1CS(=O)C1CCOCC1. The Labute approximate surface area is 101 Å². The van der Waals surface area contributed by atoms with Crippen LogP contribution in [0.4, 0.5) is 0 Å². The molecule has 0 radical (unpaired) electrons. The van der Waals surface area contributed by atoms with Crippen LogP contribution in [-0.4, -0.2) is 33.7 Å². The first-order valence-electron chi connectivity index (χ1n) is 5.43. The lowest BCUT2D eigenvalue weighted by molar-refractivity contribution is 0.0661. The van der Waals surface area contributed by atoms with Gasteiger partial charge in [-0.1, -0.05) is 0 Å². The fourth-order valence-electron chi connectivity index (χ4n) is 1.85. The van der Waals surface area contributed by atoms with Gasteiger partial charge in [0, 0.05) is 34.8 Å². The predicted octanol–water partition coefficient (Wildman–Crippen LogP) is 1.41. The predicted molar refractivity (Wildman–Crippen MR) is 61.4 cm³/mol. The minimum Gasteiger partial charge on any atom is -0.475 e.